The molecule has 7 nitrogen and oxygen atoms in total. The molecule has 0 radical (unpaired) electrons. The highest BCUT2D eigenvalue weighted by Gasteiger charge is 2.33. The smallest absolute Gasteiger partial charge is 0.338 e. The number of halogens is 1. The van der Waals surface area contributed by atoms with Gasteiger partial charge in [0.05, 0.1) is 23.5 Å². The van der Waals surface area contributed by atoms with E-state index in [2.05, 4.69) is 5.32 Å². The predicted octanol–water partition coefficient (Wildman–Crippen LogP) is 3.47. The van der Waals surface area contributed by atoms with E-state index in [4.69, 9.17) is 16.3 Å². The third-order valence-electron chi connectivity index (χ3n) is 5.20. The summed E-state index contributed by atoms with van der Waals surface area (Å²) < 4.78 is 32.0. The van der Waals surface area contributed by atoms with Gasteiger partial charge in [0, 0.05) is 23.8 Å². The SMILES string of the molecule is COC(=O)c1cccc(NC(=O)[C@@H]2CCCN(S(=O)(=O)c3ccc(Cl)cc3)C2)c1C. The molecule has 2 aromatic carbocycles. The minimum Gasteiger partial charge on any atom is -0.465 e. The van der Waals surface area contributed by atoms with E-state index in [-0.39, 0.29) is 17.3 Å². The van der Waals surface area contributed by atoms with E-state index in [1.165, 1.54) is 35.7 Å². The van der Waals surface area contributed by atoms with E-state index < -0.39 is 21.9 Å². The summed E-state index contributed by atoms with van der Waals surface area (Å²) in [7, 11) is -2.42. The molecule has 0 aliphatic carbocycles. The van der Waals surface area contributed by atoms with Gasteiger partial charge < -0.3 is 10.1 Å². The Bertz CT molecular complexity index is 1050. The first-order chi connectivity index (χ1) is 14.2. The zero-order valence-corrected chi connectivity index (χ0v) is 18.3. The lowest BCUT2D eigenvalue weighted by atomic mass is 9.98. The van der Waals surface area contributed by atoms with Crippen LogP contribution in [0.5, 0.6) is 0 Å². The van der Waals surface area contributed by atoms with E-state index in [1.807, 2.05) is 0 Å². The van der Waals surface area contributed by atoms with Gasteiger partial charge in [-0.15, -0.1) is 0 Å². The molecule has 9 heteroatoms. The second kappa shape index (κ2) is 9.16. The van der Waals surface area contributed by atoms with Crippen LogP contribution in [0.25, 0.3) is 0 Å². The summed E-state index contributed by atoms with van der Waals surface area (Å²) in [6.07, 6.45) is 1.15. The highest BCUT2D eigenvalue weighted by atomic mass is 35.5. The number of hydrogen-bond acceptors (Lipinski definition) is 5. The van der Waals surface area contributed by atoms with E-state index in [1.54, 1.807) is 25.1 Å². The number of anilines is 1. The molecule has 1 aliphatic rings. The zero-order valence-electron chi connectivity index (χ0n) is 16.7. The molecule has 160 valence electrons. The summed E-state index contributed by atoms with van der Waals surface area (Å²) in [6, 6.07) is 11.0. The molecule has 1 amide bonds. The van der Waals surface area contributed by atoms with Gasteiger partial charge in [-0.25, -0.2) is 13.2 Å². The quantitative estimate of drug-likeness (QED) is 0.704. The molecule has 30 heavy (non-hydrogen) atoms. The number of benzene rings is 2. The Kier molecular flexibility index (Phi) is 6.80. The monoisotopic (exact) mass is 450 g/mol. The summed E-state index contributed by atoms with van der Waals surface area (Å²) in [5, 5.41) is 3.29. The number of esters is 1. The number of carbonyl (C=O) groups excluding carboxylic acids is 2. The molecule has 0 aromatic heterocycles. The number of hydrogen-bond donors (Lipinski definition) is 1. The summed E-state index contributed by atoms with van der Waals surface area (Å²) in [6.45, 7) is 2.16. The molecule has 3 rings (SSSR count). The maximum absolute atomic E-state index is 12.9. The first-order valence-corrected chi connectivity index (χ1v) is 11.3. The van der Waals surface area contributed by atoms with Crippen LogP contribution in [0.2, 0.25) is 5.02 Å². The molecular formula is C21H23ClN2O5S. The fraction of sp³-hybridized carbons (Fsp3) is 0.333. The van der Waals surface area contributed by atoms with Crippen LogP contribution in [0, 0.1) is 12.8 Å². The average Bonchev–Trinajstić information content (AvgIpc) is 2.75. The fourth-order valence-electron chi connectivity index (χ4n) is 3.47. The summed E-state index contributed by atoms with van der Waals surface area (Å²) >= 11 is 5.85. The normalized spacial score (nSPS) is 17.4. The van der Waals surface area contributed by atoms with Crippen LogP contribution in [0.1, 0.15) is 28.8 Å². The van der Waals surface area contributed by atoms with Crippen LogP contribution in [0.3, 0.4) is 0 Å². The highest BCUT2D eigenvalue weighted by Crippen LogP contribution is 2.27. The topological polar surface area (TPSA) is 92.8 Å². The number of piperidine rings is 1. The van der Waals surface area contributed by atoms with Crippen molar-refractivity contribution in [1.82, 2.24) is 4.31 Å². The second-order valence-electron chi connectivity index (χ2n) is 7.12. The first kappa shape index (κ1) is 22.3. The van der Waals surface area contributed by atoms with Crippen LogP contribution in [-0.2, 0) is 19.6 Å². The summed E-state index contributed by atoms with van der Waals surface area (Å²) in [5.41, 5.74) is 1.46. The number of methoxy groups -OCH3 is 1. The Hall–Kier alpha value is -2.42. The van der Waals surface area contributed by atoms with E-state index in [9.17, 15) is 18.0 Å². The summed E-state index contributed by atoms with van der Waals surface area (Å²) in [5.74, 6) is -1.26. The number of ether oxygens (including phenoxy) is 1. The number of amides is 1. The van der Waals surface area contributed by atoms with Crippen LogP contribution >= 0.6 is 11.6 Å². The second-order valence-corrected chi connectivity index (χ2v) is 9.49. The van der Waals surface area contributed by atoms with Crippen LogP contribution in [0.4, 0.5) is 5.69 Å². The molecule has 1 atom stereocenters. The molecule has 1 saturated heterocycles. The lowest BCUT2D eigenvalue weighted by molar-refractivity contribution is -0.120. The van der Waals surface area contributed by atoms with Crippen LogP contribution < -0.4 is 5.32 Å². The van der Waals surface area contributed by atoms with E-state index in [0.717, 1.165) is 0 Å². The molecule has 0 saturated carbocycles. The first-order valence-electron chi connectivity index (χ1n) is 9.48. The maximum atomic E-state index is 12.9. The Morgan fingerprint density at radius 3 is 2.53 bits per heavy atom. The minimum atomic E-state index is -3.71. The minimum absolute atomic E-state index is 0.0898. The molecule has 2 aromatic rings. The fourth-order valence-corrected chi connectivity index (χ4v) is 5.12. The molecule has 1 N–H and O–H groups in total. The third-order valence-corrected chi connectivity index (χ3v) is 7.33. The standard InChI is InChI=1S/C21H23ClN2O5S/c1-14-18(21(26)29-2)6-3-7-19(14)23-20(25)15-5-4-12-24(13-15)30(27,28)17-10-8-16(22)9-11-17/h3,6-11,15H,4-5,12-13H2,1-2H3,(H,23,25)/t15-/m1/s1. The molecule has 0 spiro atoms. The highest BCUT2D eigenvalue weighted by molar-refractivity contribution is 7.89. The molecular weight excluding hydrogens is 428 g/mol. The predicted molar refractivity (Wildman–Crippen MR) is 114 cm³/mol. The van der Waals surface area contributed by atoms with Crippen LogP contribution in [-0.4, -0.2) is 44.8 Å². The van der Waals surface area contributed by atoms with E-state index >= 15 is 0 Å². The molecule has 0 unspecified atom stereocenters. The summed E-state index contributed by atoms with van der Waals surface area (Å²) in [4.78, 5) is 24.9. The van der Waals surface area contributed by atoms with Gasteiger partial charge in [-0.1, -0.05) is 17.7 Å². The van der Waals surface area contributed by atoms with Crippen LogP contribution in [0.15, 0.2) is 47.4 Å². The van der Waals surface area contributed by atoms with Gasteiger partial charge in [0.15, 0.2) is 0 Å². The van der Waals surface area contributed by atoms with Gasteiger partial charge >= 0.3 is 5.97 Å². The zero-order chi connectivity index (χ0) is 21.9. The molecule has 0 bridgehead atoms. The lowest BCUT2D eigenvalue weighted by Crippen LogP contribution is -2.43. The Morgan fingerprint density at radius 1 is 1.17 bits per heavy atom. The van der Waals surface area contributed by atoms with Gasteiger partial charge in [-0.05, 0) is 61.7 Å². The number of nitrogens with zero attached hydrogens (tertiary/aromatic N) is 1. The van der Waals surface area contributed by atoms with Crippen molar-refractivity contribution in [3.8, 4) is 0 Å². The van der Waals surface area contributed by atoms with Gasteiger partial charge in [-0.3, -0.25) is 4.79 Å². The molecule has 1 aliphatic heterocycles. The number of carbonyl (C=O) groups is 2. The van der Waals surface area contributed by atoms with E-state index in [0.29, 0.717) is 41.2 Å². The molecule has 1 fully saturated rings. The van der Waals surface area contributed by atoms with Gasteiger partial charge in [0.25, 0.3) is 0 Å². The number of nitrogens with one attached hydrogen (secondary N) is 1. The number of rotatable bonds is 5. The largest absolute Gasteiger partial charge is 0.465 e. The van der Waals surface area contributed by atoms with Gasteiger partial charge in [-0.2, -0.15) is 4.31 Å². The maximum Gasteiger partial charge on any atom is 0.338 e. The van der Waals surface area contributed by atoms with Gasteiger partial charge in [0.1, 0.15) is 0 Å². The van der Waals surface area contributed by atoms with Crippen molar-refractivity contribution in [2.24, 2.45) is 5.92 Å². The van der Waals surface area contributed by atoms with Crippen molar-refractivity contribution >= 4 is 39.2 Å². The Morgan fingerprint density at radius 2 is 1.87 bits per heavy atom. The van der Waals surface area contributed by atoms with Crippen molar-refractivity contribution in [3.05, 3.63) is 58.6 Å². The van der Waals surface area contributed by atoms with Gasteiger partial charge in [0.2, 0.25) is 15.9 Å². The van der Waals surface area contributed by atoms with Crippen molar-refractivity contribution in [1.29, 1.82) is 0 Å². The molecule has 1 heterocycles. The Balaban J connectivity index is 1.75. The van der Waals surface area contributed by atoms with Crippen molar-refractivity contribution in [3.63, 3.8) is 0 Å². The Labute approximate surface area is 181 Å². The number of sulfonamides is 1. The van der Waals surface area contributed by atoms with Crippen molar-refractivity contribution in [2.75, 3.05) is 25.5 Å². The third kappa shape index (κ3) is 4.66. The van der Waals surface area contributed by atoms with Crippen molar-refractivity contribution in [2.45, 2.75) is 24.7 Å². The lowest BCUT2D eigenvalue weighted by Gasteiger charge is -2.31. The van der Waals surface area contributed by atoms with Crippen molar-refractivity contribution < 1.29 is 22.7 Å². The average molecular weight is 451 g/mol.